The average Bonchev–Trinajstić information content (AvgIpc) is 3.25. The van der Waals surface area contributed by atoms with Crippen molar-refractivity contribution in [2.75, 3.05) is 6.54 Å². The minimum atomic E-state index is -0.714. The molecular formula is C29H35F2N3O3. The van der Waals surface area contributed by atoms with Crippen LogP contribution in [0.2, 0.25) is 0 Å². The molecule has 2 N–H and O–H groups in total. The smallest absolute Gasteiger partial charge is 0.407 e. The number of rotatable bonds is 6. The molecule has 2 amide bonds. The number of hydrogen-bond acceptors (Lipinski definition) is 4. The van der Waals surface area contributed by atoms with Gasteiger partial charge in [-0.25, -0.2) is 13.6 Å². The van der Waals surface area contributed by atoms with Crippen LogP contribution in [0, 0.1) is 23.5 Å². The zero-order valence-electron chi connectivity index (χ0n) is 21.5. The number of benzene rings is 2. The van der Waals surface area contributed by atoms with Crippen molar-refractivity contribution in [2.24, 2.45) is 11.8 Å². The van der Waals surface area contributed by atoms with Crippen LogP contribution in [0.3, 0.4) is 0 Å². The molecule has 3 aliphatic rings. The molecule has 0 radical (unpaired) electrons. The van der Waals surface area contributed by atoms with Gasteiger partial charge in [-0.3, -0.25) is 4.79 Å². The van der Waals surface area contributed by atoms with Gasteiger partial charge < -0.3 is 20.3 Å². The summed E-state index contributed by atoms with van der Waals surface area (Å²) in [5.41, 5.74) is 1.59. The number of hydrogen-bond donors (Lipinski definition) is 2. The van der Waals surface area contributed by atoms with Crippen molar-refractivity contribution in [3.63, 3.8) is 0 Å². The molecule has 37 heavy (non-hydrogen) atoms. The second-order valence-corrected chi connectivity index (χ2v) is 11.6. The Hall–Kier alpha value is -3.00. The maximum Gasteiger partial charge on any atom is 0.407 e. The van der Waals surface area contributed by atoms with Crippen molar-refractivity contribution in [1.29, 1.82) is 0 Å². The first kappa shape index (κ1) is 25.6. The van der Waals surface area contributed by atoms with Crippen LogP contribution in [0.25, 0.3) is 0 Å². The van der Waals surface area contributed by atoms with Crippen LogP contribution in [0.5, 0.6) is 0 Å². The van der Waals surface area contributed by atoms with Crippen molar-refractivity contribution in [3.8, 4) is 0 Å². The number of halogens is 2. The SMILES string of the molecule is CC1CC2CC(NCC(=O)N3Cc4ccccc4C3)(C1)CC(C)(OC(=O)NCc1ccc(F)cc1F)C2. The summed E-state index contributed by atoms with van der Waals surface area (Å²) in [6.45, 7) is 5.63. The van der Waals surface area contributed by atoms with Crippen molar-refractivity contribution in [3.05, 3.63) is 70.8 Å². The molecule has 2 saturated carbocycles. The van der Waals surface area contributed by atoms with E-state index in [1.165, 1.54) is 17.2 Å². The van der Waals surface area contributed by atoms with E-state index < -0.39 is 23.3 Å². The summed E-state index contributed by atoms with van der Waals surface area (Å²) in [5, 5.41) is 6.22. The predicted molar refractivity (Wildman–Crippen MR) is 135 cm³/mol. The molecule has 198 valence electrons. The highest BCUT2D eigenvalue weighted by Crippen LogP contribution is 2.50. The van der Waals surface area contributed by atoms with Crippen LogP contribution in [-0.2, 0) is 29.2 Å². The highest BCUT2D eigenvalue weighted by Gasteiger charge is 2.51. The molecule has 1 aliphatic heterocycles. The van der Waals surface area contributed by atoms with Crippen LogP contribution in [-0.4, -0.2) is 34.6 Å². The first-order valence-electron chi connectivity index (χ1n) is 13.1. The van der Waals surface area contributed by atoms with Gasteiger partial charge in [-0.15, -0.1) is 0 Å². The predicted octanol–water partition coefficient (Wildman–Crippen LogP) is 5.05. The lowest BCUT2D eigenvalue weighted by Gasteiger charge is -2.54. The fraction of sp³-hybridized carbons (Fsp3) is 0.517. The van der Waals surface area contributed by atoms with Gasteiger partial charge >= 0.3 is 6.09 Å². The maximum absolute atomic E-state index is 13.9. The van der Waals surface area contributed by atoms with Crippen LogP contribution in [0.4, 0.5) is 13.6 Å². The fourth-order valence-corrected chi connectivity index (χ4v) is 7.00. The van der Waals surface area contributed by atoms with E-state index in [4.69, 9.17) is 4.74 Å². The third kappa shape index (κ3) is 5.79. The van der Waals surface area contributed by atoms with Gasteiger partial charge in [0.15, 0.2) is 0 Å². The Kier molecular flexibility index (Phi) is 6.96. The zero-order chi connectivity index (χ0) is 26.2. The fourth-order valence-electron chi connectivity index (χ4n) is 7.00. The van der Waals surface area contributed by atoms with Crippen LogP contribution in [0.1, 0.15) is 62.6 Å². The van der Waals surface area contributed by atoms with Crippen molar-refractivity contribution in [2.45, 2.75) is 76.7 Å². The second-order valence-electron chi connectivity index (χ2n) is 11.6. The first-order chi connectivity index (χ1) is 17.6. The van der Waals surface area contributed by atoms with Gasteiger partial charge in [0.2, 0.25) is 5.91 Å². The van der Waals surface area contributed by atoms with Crippen LogP contribution in [0.15, 0.2) is 42.5 Å². The van der Waals surface area contributed by atoms with E-state index in [9.17, 15) is 18.4 Å². The minimum Gasteiger partial charge on any atom is -0.443 e. The van der Waals surface area contributed by atoms with Gasteiger partial charge in [-0.2, -0.15) is 0 Å². The Morgan fingerprint density at radius 2 is 1.81 bits per heavy atom. The number of amides is 2. The summed E-state index contributed by atoms with van der Waals surface area (Å²) in [7, 11) is 0. The van der Waals surface area contributed by atoms with Crippen molar-refractivity contribution >= 4 is 12.0 Å². The van der Waals surface area contributed by atoms with E-state index in [0.29, 0.717) is 31.3 Å². The molecule has 5 rings (SSSR count). The third-order valence-corrected chi connectivity index (χ3v) is 8.17. The molecular weight excluding hydrogens is 476 g/mol. The van der Waals surface area contributed by atoms with Gasteiger partial charge in [-0.1, -0.05) is 37.3 Å². The number of fused-ring (bicyclic) bond motifs is 3. The molecule has 2 fully saturated rings. The maximum atomic E-state index is 13.9. The number of carbonyl (C=O) groups excluding carboxylic acids is 2. The Labute approximate surface area is 216 Å². The van der Waals surface area contributed by atoms with E-state index in [2.05, 4.69) is 29.7 Å². The Balaban J connectivity index is 1.21. The topological polar surface area (TPSA) is 70.7 Å². The molecule has 2 bridgehead atoms. The van der Waals surface area contributed by atoms with Crippen molar-refractivity contribution in [1.82, 2.24) is 15.5 Å². The van der Waals surface area contributed by atoms with Crippen LogP contribution < -0.4 is 10.6 Å². The molecule has 4 atom stereocenters. The molecule has 6 nitrogen and oxygen atoms in total. The largest absolute Gasteiger partial charge is 0.443 e. The van der Waals surface area contributed by atoms with Gasteiger partial charge in [0.05, 0.1) is 6.54 Å². The summed E-state index contributed by atoms with van der Waals surface area (Å²) >= 11 is 0. The first-order valence-corrected chi connectivity index (χ1v) is 13.1. The lowest BCUT2D eigenvalue weighted by molar-refractivity contribution is -0.132. The number of carbonyl (C=O) groups is 2. The van der Waals surface area contributed by atoms with Crippen molar-refractivity contribution < 1.29 is 23.1 Å². The normalized spacial score (nSPS) is 28.5. The Bertz CT molecular complexity index is 1160. The molecule has 2 aromatic rings. The standard InChI is InChI=1S/C29H35F2N3O3/c1-19-9-20-12-28(2,37-27(36)32-14-21-7-8-24(30)10-25(21)31)18-29(11-19,13-20)33-15-26(35)34-16-22-5-3-4-6-23(22)17-34/h3-8,10,19-20,33H,9,11-18H2,1-2H3,(H,32,36). The van der Waals surface area contributed by atoms with Gasteiger partial charge in [0.1, 0.15) is 17.2 Å². The summed E-state index contributed by atoms with van der Waals surface area (Å²) in [4.78, 5) is 27.7. The zero-order valence-corrected chi connectivity index (χ0v) is 21.5. The van der Waals surface area contributed by atoms with E-state index in [1.807, 2.05) is 24.0 Å². The molecule has 8 heteroatoms. The average molecular weight is 512 g/mol. The van der Waals surface area contributed by atoms with Gasteiger partial charge in [0, 0.05) is 43.2 Å². The molecule has 0 spiro atoms. The Morgan fingerprint density at radius 3 is 2.51 bits per heavy atom. The second kappa shape index (κ2) is 10.0. The number of ether oxygens (including phenoxy) is 1. The van der Waals surface area contributed by atoms with E-state index >= 15 is 0 Å². The highest BCUT2D eigenvalue weighted by atomic mass is 19.1. The number of alkyl carbamates (subject to hydrolysis) is 1. The number of nitrogens with one attached hydrogen (secondary N) is 2. The van der Waals surface area contributed by atoms with Gasteiger partial charge in [0.25, 0.3) is 0 Å². The molecule has 1 heterocycles. The lowest BCUT2D eigenvalue weighted by Crippen LogP contribution is -2.61. The van der Waals surface area contributed by atoms with E-state index in [0.717, 1.165) is 37.8 Å². The summed E-state index contributed by atoms with van der Waals surface area (Å²) < 4.78 is 33.0. The molecule has 2 aliphatic carbocycles. The quantitative estimate of drug-likeness (QED) is 0.570. The minimum absolute atomic E-state index is 0.0765. The molecule has 0 saturated heterocycles. The monoisotopic (exact) mass is 511 g/mol. The third-order valence-electron chi connectivity index (χ3n) is 8.17. The van der Waals surface area contributed by atoms with E-state index in [-0.39, 0.29) is 30.1 Å². The molecule has 0 aromatic heterocycles. The summed E-state index contributed by atoms with van der Waals surface area (Å²) in [5.74, 6) is -0.403. The lowest BCUT2D eigenvalue weighted by atomic mass is 9.59. The highest BCUT2D eigenvalue weighted by molar-refractivity contribution is 5.79. The molecule has 2 aromatic carbocycles. The van der Waals surface area contributed by atoms with Gasteiger partial charge in [-0.05, 0) is 61.6 Å². The van der Waals surface area contributed by atoms with Crippen LogP contribution >= 0.6 is 0 Å². The number of nitrogens with zero attached hydrogens (tertiary/aromatic N) is 1. The van der Waals surface area contributed by atoms with E-state index in [1.54, 1.807) is 0 Å². The summed E-state index contributed by atoms with van der Waals surface area (Å²) in [6, 6.07) is 11.4. The Morgan fingerprint density at radius 1 is 1.08 bits per heavy atom. The molecule has 4 unspecified atom stereocenters. The summed E-state index contributed by atoms with van der Waals surface area (Å²) in [6.07, 6.45) is 3.65.